The fourth-order valence-corrected chi connectivity index (χ4v) is 7.31. The van der Waals surface area contributed by atoms with Gasteiger partial charge in [0.25, 0.3) is 0 Å². The van der Waals surface area contributed by atoms with E-state index in [1.807, 2.05) is 0 Å². The van der Waals surface area contributed by atoms with Gasteiger partial charge in [-0.25, -0.2) is 0 Å². The summed E-state index contributed by atoms with van der Waals surface area (Å²) in [6, 6.07) is 0. The lowest BCUT2D eigenvalue weighted by Gasteiger charge is -2.59. The predicted molar refractivity (Wildman–Crippen MR) is 92.3 cm³/mol. The standard InChI is InChI=1S/C21H32O3/c1-13(22)24-18-8-7-15-19-16(9-11-21(15,18)3)20(2)10-5-4-6-14(20)12-17(19)23/h14-16,18-19H,4-12H2,1-3H3/t14-,15-,16+,18-,19+,20+,21+/m1/s1. The highest BCUT2D eigenvalue weighted by Crippen LogP contribution is 2.65. The van der Waals surface area contributed by atoms with Gasteiger partial charge >= 0.3 is 5.97 Å². The van der Waals surface area contributed by atoms with Gasteiger partial charge in [0.05, 0.1) is 0 Å². The molecule has 0 N–H and O–H groups in total. The molecule has 0 spiro atoms. The first-order valence-corrected chi connectivity index (χ1v) is 10.1. The van der Waals surface area contributed by atoms with Crippen LogP contribution < -0.4 is 0 Å². The van der Waals surface area contributed by atoms with Crippen molar-refractivity contribution < 1.29 is 14.3 Å². The first-order valence-electron chi connectivity index (χ1n) is 10.1. The fraction of sp³-hybridized carbons (Fsp3) is 0.905. The van der Waals surface area contributed by atoms with Crippen molar-refractivity contribution in [2.75, 3.05) is 0 Å². The molecular formula is C21H32O3. The molecule has 0 aliphatic heterocycles. The number of esters is 1. The third-order valence-corrected chi connectivity index (χ3v) is 8.61. The molecule has 4 rings (SSSR count). The minimum atomic E-state index is -0.168. The lowest BCUT2D eigenvalue weighted by atomic mass is 9.45. The molecule has 4 fully saturated rings. The number of carbonyl (C=O) groups excluding carboxylic acids is 2. The van der Waals surface area contributed by atoms with Gasteiger partial charge in [-0.3, -0.25) is 9.59 Å². The molecule has 0 aromatic carbocycles. The number of hydrogen-bond acceptors (Lipinski definition) is 3. The van der Waals surface area contributed by atoms with E-state index in [1.54, 1.807) is 0 Å². The number of fused-ring (bicyclic) bond motifs is 5. The average molecular weight is 332 g/mol. The molecule has 7 atom stereocenters. The second kappa shape index (κ2) is 5.57. The van der Waals surface area contributed by atoms with Gasteiger partial charge < -0.3 is 4.74 Å². The highest BCUT2D eigenvalue weighted by Gasteiger charge is 2.62. The average Bonchev–Trinajstić information content (AvgIpc) is 2.84. The maximum atomic E-state index is 13.1. The minimum absolute atomic E-state index is 0.0142. The van der Waals surface area contributed by atoms with Gasteiger partial charge in [0.1, 0.15) is 11.9 Å². The lowest BCUT2D eigenvalue weighted by Crippen LogP contribution is -2.56. The van der Waals surface area contributed by atoms with E-state index < -0.39 is 0 Å². The second-order valence-corrected chi connectivity index (χ2v) is 9.58. The Morgan fingerprint density at radius 1 is 1.00 bits per heavy atom. The van der Waals surface area contributed by atoms with Crippen LogP contribution in [0.3, 0.4) is 0 Å². The molecule has 3 heteroatoms. The van der Waals surface area contributed by atoms with Crippen LogP contribution in [0.4, 0.5) is 0 Å². The molecule has 0 heterocycles. The van der Waals surface area contributed by atoms with Crippen LogP contribution in [0.25, 0.3) is 0 Å². The third-order valence-electron chi connectivity index (χ3n) is 8.61. The molecule has 0 aromatic rings. The Labute approximate surface area is 145 Å². The monoisotopic (exact) mass is 332 g/mol. The van der Waals surface area contributed by atoms with Crippen LogP contribution in [-0.4, -0.2) is 17.9 Å². The van der Waals surface area contributed by atoms with Crippen LogP contribution >= 0.6 is 0 Å². The molecule has 0 saturated heterocycles. The summed E-state index contributed by atoms with van der Waals surface area (Å²) in [6.07, 6.45) is 10.3. The maximum Gasteiger partial charge on any atom is 0.302 e. The third kappa shape index (κ3) is 2.22. The van der Waals surface area contributed by atoms with Crippen LogP contribution in [0.2, 0.25) is 0 Å². The van der Waals surface area contributed by atoms with Crippen LogP contribution in [0.15, 0.2) is 0 Å². The zero-order valence-electron chi connectivity index (χ0n) is 15.5. The molecule has 4 aliphatic rings. The molecule has 0 unspecified atom stereocenters. The zero-order valence-corrected chi connectivity index (χ0v) is 15.5. The summed E-state index contributed by atoms with van der Waals surface area (Å²) in [6.45, 7) is 6.29. The Bertz CT molecular complexity index is 555. The van der Waals surface area contributed by atoms with Crippen molar-refractivity contribution in [2.45, 2.75) is 84.7 Å². The zero-order chi connectivity index (χ0) is 17.1. The van der Waals surface area contributed by atoms with E-state index in [2.05, 4.69) is 13.8 Å². The van der Waals surface area contributed by atoms with Gasteiger partial charge in [-0.1, -0.05) is 26.7 Å². The van der Waals surface area contributed by atoms with E-state index in [4.69, 9.17) is 4.74 Å². The summed E-state index contributed by atoms with van der Waals surface area (Å²) >= 11 is 0. The van der Waals surface area contributed by atoms with Crippen LogP contribution in [0, 0.1) is 34.5 Å². The smallest absolute Gasteiger partial charge is 0.302 e. The minimum Gasteiger partial charge on any atom is -0.462 e. The summed E-state index contributed by atoms with van der Waals surface area (Å²) in [5.41, 5.74) is 0.387. The summed E-state index contributed by atoms with van der Waals surface area (Å²) in [7, 11) is 0. The van der Waals surface area contributed by atoms with E-state index in [0.717, 1.165) is 32.1 Å². The van der Waals surface area contributed by atoms with Gasteiger partial charge in [0.15, 0.2) is 0 Å². The van der Waals surface area contributed by atoms with Crippen molar-refractivity contribution in [3.63, 3.8) is 0 Å². The first-order chi connectivity index (χ1) is 11.4. The number of hydrogen-bond donors (Lipinski definition) is 0. The summed E-state index contributed by atoms with van der Waals surface area (Å²) < 4.78 is 5.68. The van der Waals surface area contributed by atoms with Crippen molar-refractivity contribution in [2.24, 2.45) is 34.5 Å². The van der Waals surface area contributed by atoms with Crippen LogP contribution in [0.5, 0.6) is 0 Å². The quantitative estimate of drug-likeness (QED) is 0.663. The maximum absolute atomic E-state index is 13.1. The lowest BCUT2D eigenvalue weighted by molar-refractivity contribution is -0.166. The SMILES string of the molecule is CC(=O)O[C@@H]1CC[C@@H]2[C@@H]3C(=O)C[C@H]4CCCC[C@]4(C)[C@H]3CC[C@@]21C. The van der Waals surface area contributed by atoms with E-state index in [-0.39, 0.29) is 23.4 Å². The molecule has 134 valence electrons. The van der Waals surface area contributed by atoms with Crippen molar-refractivity contribution in [1.29, 1.82) is 0 Å². The summed E-state index contributed by atoms with van der Waals surface area (Å²) in [5, 5.41) is 0. The molecule has 0 aromatic heterocycles. The van der Waals surface area contributed by atoms with Crippen molar-refractivity contribution in [3.05, 3.63) is 0 Å². The summed E-state index contributed by atoms with van der Waals surface area (Å²) in [5.74, 6) is 2.20. The molecule has 0 bridgehead atoms. The number of Topliss-reactive ketones (excluding diaryl/α,β-unsaturated/α-hetero) is 1. The van der Waals surface area contributed by atoms with Crippen molar-refractivity contribution >= 4 is 11.8 Å². The molecule has 0 amide bonds. The Kier molecular flexibility index (Phi) is 3.85. The normalized spacial score (nSPS) is 50.6. The Hall–Kier alpha value is -0.860. The first kappa shape index (κ1) is 16.6. The van der Waals surface area contributed by atoms with E-state index in [0.29, 0.717) is 29.0 Å². The van der Waals surface area contributed by atoms with Gasteiger partial charge in [-0.2, -0.15) is 0 Å². The van der Waals surface area contributed by atoms with E-state index >= 15 is 0 Å². The van der Waals surface area contributed by atoms with Gasteiger partial charge in [-0.15, -0.1) is 0 Å². The molecule has 3 nitrogen and oxygen atoms in total. The molecule has 4 aliphatic carbocycles. The largest absolute Gasteiger partial charge is 0.462 e. The number of rotatable bonds is 1. The fourth-order valence-electron chi connectivity index (χ4n) is 7.31. The highest BCUT2D eigenvalue weighted by molar-refractivity contribution is 5.83. The molecule has 24 heavy (non-hydrogen) atoms. The Balaban J connectivity index is 1.64. The Morgan fingerprint density at radius 3 is 2.50 bits per heavy atom. The van der Waals surface area contributed by atoms with Crippen LogP contribution in [0.1, 0.15) is 78.6 Å². The van der Waals surface area contributed by atoms with Crippen LogP contribution in [-0.2, 0) is 14.3 Å². The van der Waals surface area contributed by atoms with Crippen molar-refractivity contribution in [3.8, 4) is 0 Å². The number of ketones is 1. The van der Waals surface area contributed by atoms with Gasteiger partial charge in [-0.05, 0) is 61.7 Å². The highest BCUT2D eigenvalue weighted by atomic mass is 16.5. The molecular weight excluding hydrogens is 300 g/mol. The van der Waals surface area contributed by atoms with E-state index in [1.165, 1.54) is 32.6 Å². The van der Waals surface area contributed by atoms with Gasteiger partial charge in [0.2, 0.25) is 0 Å². The Morgan fingerprint density at radius 2 is 1.75 bits per heavy atom. The predicted octanol–water partition coefficient (Wildman–Crippen LogP) is 4.53. The molecule has 0 radical (unpaired) electrons. The van der Waals surface area contributed by atoms with Gasteiger partial charge in [0, 0.05) is 24.7 Å². The van der Waals surface area contributed by atoms with Crippen molar-refractivity contribution in [1.82, 2.24) is 0 Å². The summed E-state index contributed by atoms with van der Waals surface area (Å²) in [4.78, 5) is 24.6. The number of ether oxygens (including phenoxy) is 1. The molecule has 4 saturated carbocycles. The number of carbonyl (C=O) groups is 2. The topological polar surface area (TPSA) is 43.4 Å². The second-order valence-electron chi connectivity index (χ2n) is 9.58. The van der Waals surface area contributed by atoms with E-state index in [9.17, 15) is 9.59 Å².